The molecule has 26 heavy (non-hydrogen) atoms. The van der Waals surface area contributed by atoms with Gasteiger partial charge in [-0.25, -0.2) is 9.59 Å². The molecule has 1 aromatic carbocycles. The molecule has 6 heteroatoms. The molecule has 2 amide bonds. The van der Waals surface area contributed by atoms with Gasteiger partial charge in [-0.05, 0) is 30.9 Å². The number of hydrogen-bond acceptors (Lipinski definition) is 4. The zero-order valence-electron chi connectivity index (χ0n) is 14.9. The number of aryl methyl sites for hydroxylation is 1. The Labute approximate surface area is 153 Å². The first-order valence-electron chi connectivity index (χ1n) is 8.83. The van der Waals surface area contributed by atoms with Gasteiger partial charge >= 0.3 is 12.0 Å². The van der Waals surface area contributed by atoms with Crippen LogP contribution in [0.2, 0.25) is 0 Å². The standard InChI is InChI=1S/C20H23N3O3/c1-3-11-23(18-10-9-14-7-5-6-8-15(14)18)13-17-16(19(24)26-4-2)12-21-20(25)22-17/h1,5-8,18H,4,9-13H2,2H3,(H2,21,22,25)/t18-/m0/s1. The van der Waals surface area contributed by atoms with Crippen LogP contribution in [0.1, 0.15) is 30.5 Å². The maximum Gasteiger partial charge on any atom is 0.337 e. The Hall–Kier alpha value is -2.78. The summed E-state index contributed by atoms with van der Waals surface area (Å²) in [7, 11) is 0. The van der Waals surface area contributed by atoms with Crippen molar-refractivity contribution in [3.8, 4) is 12.3 Å². The van der Waals surface area contributed by atoms with E-state index in [0.29, 0.717) is 24.4 Å². The van der Waals surface area contributed by atoms with E-state index in [0.717, 1.165) is 12.8 Å². The summed E-state index contributed by atoms with van der Waals surface area (Å²) in [6, 6.07) is 8.18. The van der Waals surface area contributed by atoms with Gasteiger partial charge in [-0.1, -0.05) is 30.2 Å². The van der Waals surface area contributed by atoms with Crippen molar-refractivity contribution in [3.05, 3.63) is 46.7 Å². The number of benzene rings is 1. The second-order valence-electron chi connectivity index (χ2n) is 6.35. The van der Waals surface area contributed by atoms with Crippen LogP contribution < -0.4 is 10.6 Å². The third-order valence-corrected chi connectivity index (χ3v) is 4.77. The molecule has 1 aromatic rings. The maximum absolute atomic E-state index is 12.2. The van der Waals surface area contributed by atoms with E-state index in [1.807, 2.05) is 12.1 Å². The summed E-state index contributed by atoms with van der Waals surface area (Å²) < 4.78 is 5.12. The van der Waals surface area contributed by atoms with Crippen LogP contribution in [-0.2, 0) is 16.0 Å². The molecule has 2 N–H and O–H groups in total. The summed E-state index contributed by atoms with van der Waals surface area (Å²) in [5.41, 5.74) is 3.60. The van der Waals surface area contributed by atoms with E-state index in [9.17, 15) is 9.59 Å². The molecule has 0 spiro atoms. The van der Waals surface area contributed by atoms with Crippen molar-refractivity contribution in [2.45, 2.75) is 25.8 Å². The Morgan fingerprint density at radius 2 is 2.23 bits per heavy atom. The summed E-state index contributed by atoms with van der Waals surface area (Å²) in [5, 5.41) is 5.38. The number of nitrogens with one attached hydrogen (secondary N) is 2. The highest BCUT2D eigenvalue weighted by Gasteiger charge is 2.31. The molecule has 6 nitrogen and oxygen atoms in total. The molecule has 136 valence electrons. The number of hydrogen-bond donors (Lipinski definition) is 2. The first-order chi connectivity index (χ1) is 12.6. The molecule has 3 rings (SSSR count). The lowest BCUT2D eigenvalue weighted by Gasteiger charge is -2.31. The second-order valence-corrected chi connectivity index (χ2v) is 6.35. The number of nitrogens with zero attached hydrogens (tertiary/aromatic N) is 1. The highest BCUT2D eigenvalue weighted by molar-refractivity contribution is 5.93. The van der Waals surface area contributed by atoms with E-state index in [1.54, 1.807) is 6.92 Å². The lowest BCUT2D eigenvalue weighted by atomic mass is 10.1. The van der Waals surface area contributed by atoms with Gasteiger partial charge in [0.2, 0.25) is 0 Å². The highest BCUT2D eigenvalue weighted by Crippen LogP contribution is 2.35. The van der Waals surface area contributed by atoms with Gasteiger partial charge in [0.15, 0.2) is 0 Å². The van der Waals surface area contributed by atoms with Crippen LogP contribution in [0.15, 0.2) is 35.5 Å². The minimum Gasteiger partial charge on any atom is -0.463 e. The minimum absolute atomic E-state index is 0.158. The lowest BCUT2D eigenvalue weighted by molar-refractivity contribution is -0.138. The van der Waals surface area contributed by atoms with Crippen molar-refractivity contribution in [1.82, 2.24) is 15.5 Å². The smallest absolute Gasteiger partial charge is 0.337 e. The molecule has 0 radical (unpaired) electrons. The Bertz CT molecular complexity index is 779. The first kappa shape index (κ1) is 18.0. The SMILES string of the molecule is C#CCN(CC1=C(C(=O)OCC)CNC(=O)N1)[C@H]1CCc2ccccc21. The van der Waals surface area contributed by atoms with Crippen LogP contribution >= 0.6 is 0 Å². The average molecular weight is 353 g/mol. The van der Waals surface area contributed by atoms with Crippen LogP contribution in [0.25, 0.3) is 0 Å². The molecule has 0 aromatic heterocycles. The van der Waals surface area contributed by atoms with Gasteiger partial charge in [-0.3, -0.25) is 4.90 Å². The summed E-state index contributed by atoms with van der Waals surface area (Å²) in [6.07, 6.45) is 7.56. The zero-order valence-corrected chi connectivity index (χ0v) is 14.9. The van der Waals surface area contributed by atoms with E-state index >= 15 is 0 Å². The van der Waals surface area contributed by atoms with Crippen molar-refractivity contribution >= 4 is 12.0 Å². The number of ether oxygens (including phenoxy) is 1. The number of urea groups is 1. The largest absolute Gasteiger partial charge is 0.463 e. The fraction of sp³-hybridized carbons (Fsp3) is 0.400. The molecule has 0 fully saturated rings. The molecule has 1 aliphatic heterocycles. The molecule has 0 saturated heterocycles. The maximum atomic E-state index is 12.2. The molecule has 0 unspecified atom stereocenters. The molecule has 1 heterocycles. The quantitative estimate of drug-likeness (QED) is 0.604. The fourth-order valence-corrected chi connectivity index (χ4v) is 3.59. The number of carbonyl (C=O) groups is 2. The molecular weight excluding hydrogens is 330 g/mol. The van der Waals surface area contributed by atoms with Gasteiger partial charge in [0.25, 0.3) is 0 Å². The Kier molecular flexibility index (Phi) is 5.59. The molecule has 0 bridgehead atoms. The molecule has 2 aliphatic rings. The van der Waals surface area contributed by atoms with E-state index in [2.05, 4.69) is 33.6 Å². The Balaban J connectivity index is 1.88. The third kappa shape index (κ3) is 3.73. The molecule has 1 atom stereocenters. The van der Waals surface area contributed by atoms with E-state index < -0.39 is 5.97 Å². The number of amides is 2. The van der Waals surface area contributed by atoms with Crippen molar-refractivity contribution in [3.63, 3.8) is 0 Å². The van der Waals surface area contributed by atoms with Gasteiger partial charge in [-0.15, -0.1) is 6.42 Å². The van der Waals surface area contributed by atoms with Gasteiger partial charge in [0, 0.05) is 18.3 Å². The minimum atomic E-state index is -0.414. The fourth-order valence-electron chi connectivity index (χ4n) is 3.59. The summed E-state index contributed by atoms with van der Waals surface area (Å²) >= 11 is 0. The van der Waals surface area contributed by atoms with Crippen molar-refractivity contribution in [1.29, 1.82) is 0 Å². The van der Waals surface area contributed by atoms with Crippen LogP contribution in [0.4, 0.5) is 4.79 Å². The van der Waals surface area contributed by atoms with E-state index in [4.69, 9.17) is 11.2 Å². The number of rotatable bonds is 6. The zero-order chi connectivity index (χ0) is 18.5. The monoisotopic (exact) mass is 353 g/mol. The van der Waals surface area contributed by atoms with E-state index in [-0.39, 0.29) is 25.2 Å². The van der Waals surface area contributed by atoms with Crippen LogP contribution in [0.5, 0.6) is 0 Å². The number of carbonyl (C=O) groups excluding carboxylic acids is 2. The average Bonchev–Trinajstić information content (AvgIpc) is 3.05. The van der Waals surface area contributed by atoms with Gasteiger partial charge in [0.05, 0.1) is 25.3 Å². The topological polar surface area (TPSA) is 70.7 Å². The van der Waals surface area contributed by atoms with Gasteiger partial charge < -0.3 is 15.4 Å². The van der Waals surface area contributed by atoms with Gasteiger partial charge in [-0.2, -0.15) is 0 Å². The van der Waals surface area contributed by atoms with Crippen LogP contribution in [0, 0.1) is 12.3 Å². The number of esters is 1. The summed E-state index contributed by atoms with van der Waals surface area (Å²) in [6.45, 7) is 3.03. The highest BCUT2D eigenvalue weighted by atomic mass is 16.5. The van der Waals surface area contributed by atoms with Crippen molar-refractivity contribution in [2.75, 3.05) is 26.2 Å². The first-order valence-corrected chi connectivity index (χ1v) is 8.83. The van der Waals surface area contributed by atoms with Crippen molar-refractivity contribution in [2.24, 2.45) is 0 Å². The summed E-state index contributed by atoms with van der Waals surface area (Å²) in [5.74, 6) is 2.29. The Morgan fingerprint density at radius 3 is 3.00 bits per heavy atom. The third-order valence-electron chi connectivity index (χ3n) is 4.77. The van der Waals surface area contributed by atoms with Gasteiger partial charge in [0.1, 0.15) is 0 Å². The number of terminal acetylenes is 1. The molecule has 0 saturated carbocycles. The predicted octanol–water partition coefficient (Wildman–Crippen LogP) is 1.74. The molecule has 1 aliphatic carbocycles. The lowest BCUT2D eigenvalue weighted by Crippen LogP contribution is -2.47. The van der Waals surface area contributed by atoms with Crippen LogP contribution in [0.3, 0.4) is 0 Å². The summed E-state index contributed by atoms with van der Waals surface area (Å²) in [4.78, 5) is 26.2. The van der Waals surface area contributed by atoms with Crippen LogP contribution in [-0.4, -0.2) is 43.1 Å². The predicted molar refractivity (Wildman–Crippen MR) is 98.1 cm³/mol. The van der Waals surface area contributed by atoms with Crippen molar-refractivity contribution < 1.29 is 14.3 Å². The normalized spacial score (nSPS) is 18.8. The van der Waals surface area contributed by atoms with E-state index in [1.165, 1.54) is 11.1 Å². The molecular formula is C20H23N3O3. The number of fused-ring (bicyclic) bond motifs is 1. The second kappa shape index (κ2) is 8.07. The Morgan fingerprint density at radius 1 is 1.42 bits per heavy atom.